The lowest BCUT2D eigenvalue weighted by Gasteiger charge is -2.09. The second-order valence-corrected chi connectivity index (χ2v) is 6.91. The van der Waals surface area contributed by atoms with Crippen LogP contribution in [0.1, 0.15) is 21.5 Å². The van der Waals surface area contributed by atoms with E-state index < -0.39 is 26.7 Å². The highest BCUT2D eigenvalue weighted by Gasteiger charge is 2.20. The van der Waals surface area contributed by atoms with Gasteiger partial charge in [0, 0.05) is 17.2 Å². The summed E-state index contributed by atoms with van der Waals surface area (Å²) in [5.74, 6) is -1.48. The molecule has 2 aromatic carbocycles. The van der Waals surface area contributed by atoms with Crippen LogP contribution in [0.2, 0.25) is 0 Å². The van der Waals surface area contributed by atoms with Crippen LogP contribution in [0.3, 0.4) is 0 Å². The summed E-state index contributed by atoms with van der Waals surface area (Å²) in [6.07, 6.45) is 0. The zero-order chi connectivity index (χ0) is 18.8. The van der Waals surface area contributed by atoms with Crippen molar-refractivity contribution in [3.63, 3.8) is 0 Å². The molecular weight excluding hydrogens is 353 g/mol. The largest absolute Gasteiger partial charge is 0.273 e. The maximum absolute atomic E-state index is 13.5. The summed E-state index contributed by atoms with van der Waals surface area (Å²) in [6.45, 7) is 2.99. The molecule has 0 aliphatic rings. The molecule has 0 bridgehead atoms. The number of sulfonamides is 1. The summed E-state index contributed by atoms with van der Waals surface area (Å²) in [6, 6.07) is 7.01. The Balaban J connectivity index is 2.19. The van der Waals surface area contributed by atoms with Crippen molar-refractivity contribution in [2.24, 2.45) is 0 Å². The molecule has 2 N–H and O–H groups in total. The highest BCUT2D eigenvalue weighted by molar-refractivity contribution is 7.89. The van der Waals surface area contributed by atoms with Gasteiger partial charge in [-0.15, -0.1) is 4.83 Å². The standard InChI is InChI=1S/C15H14FN3O5S/c1-9-3-5-11(7-13(9)16)15(20)17-18-25(23,24)12-6-4-10(2)14(8-12)19(21)22/h3-8,18H,1-2H3,(H,17,20). The number of carbonyl (C=O) groups excluding carboxylic acids is 1. The fourth-order valence-electron chi connectivity index (χ4n) is 1.93. The Morgan fingerprint density at radius 3 is 2.36 bits per heavy atom. The van der Waals surface area contributed by atoms with Gasteiger partial charge in [0.1, 0.15) is 5.82 Å². The molecule has 0 unspecified atom stereocenters. The van der Waals surface area contributed by atoms with E-state index >= 15 is 0 Å². The SMILES string of the molecule is Cc1ccc(C(=O)NNS(=O)(=O)c2ccc(C)c([N+](=O)[O-])c2)cc1F. The van der Waals surface area contributed by atoms with Crippen LogP contribution in [-0.2, 0) is 10.0 Å². The summed E-state index contributed by atoms with van der Waals surface area (Å²) in [5.41, 5.74) is 2.12. The molecule has 0 aliphatic carbocycles. The summed E-state index contributed by atoms with van der Waals surface area (Å²) < 4.78 is 37.8. The number of benzene rings is 2. The van der Waals surface area contributed by atoms with Crippen LogP contribution < -0.4 is 10.3 Å². The number of halogens is 1. The minimum absolute atomic E-state index is 0.0827. The number of nitrogens with zero attached hydrogens (tertiary/aromatic N) is 1. The van der Waals surface area contributed by atoms with Crippen LogP contribution in [-0.4, -0.2) is 19.2 Å². The molecule has 10 heteroatoms. The Hall–Kier alpha value is -2.85. The number of amides is 1. The highest BCUT2D eigenvalue weighted by atomic mass is 32.2. The molecule has 0 spiro atoms. The van der Waals surface area contributed by atoms with Crippen LogP contribution in [0.4, 0.5) is 10.1 Å². The minimum Gasteiger partial charge on any atom is -0.273 e. The first-order valence-electron chi connectivity index (χ1n) is 6.95. The molecule has 0 saturated heterocycles. The molecule has 2 rings (SSSR count). The molecule has 0 aromatic heterocycles. The molecule has 25 heavy (non-hydrogen) atoms. The zero-order valence-electron chi connectivity index (χ0n) is 13.2. The average molecular weight is 367 g/mol. The quantitative estimate of drug-likeness (QED) is 0.619. The number of hydrogen-bond acceptors (Lipinski definition) is 5. The number of rotatable bonds is 5. The van der Waals surface area contributed by atoms with E-state index in [4.69, 9.17) is 0 Å². The zero-order valence-corrected chi connectivity index (χ0v) is 14.1. The van der Waals surface area contributed by atoms with E-state index in [1.165, 1.54) is 38.1 Å². The molecule has 0 radical (unpaired) electrons. The minimum atomic E-state index is -4.23. The lowest BCUT2D eigenvalue weighted by Crippen LogP contribution is -2.41. The van der Waals surface area contributed by atoms with E-state index in [9.17, 15) is 27.7 Å². The third-order valence-electron chi connectivity index (χ3n) is 3.42. The molecule has 2 aromatic rings. The summed E-state index contributed by atoms with van der Waals surface area (Å²) >= 11 is 0. The topological polar surface area (TPSA) is 118 Å². The number of carbonyl (C=O) groups is 1. The molecule has 132 valence electrons. The molecule has 1 amide bonds. The van der Waals surface area contributed by atoms with Gasteiger partial charge in [0.2, 0.25) is 0 Å². The van der Waals surface area contributed by atoms with Crippen LogP contribution in [0, 0.1) is 29.8 Å². The number of aryl methyl sites for hydroxylation is 2. The molecule has 0 heterocycles. The second kappa shape index (κ2) is 6.95. The maximum Gasteiger partial charge on any atom is 0.273 e. The lowest BCUT2D eigenvalue weighted by atomic mass is 10.1. The Kier molecular flexibility index (Phi) is 5.14. The number of nitro benzene ring substituents is 1. The van der Waals surface area contributed by atoms with E-state index in [0.29, 0.717) is 11.1 Å². The van der Waals surface area contributed by atoms with Crippen molar-refractivity contribution in [1.29, 1.82) is 0 Å². The number of nitro groups is 1. The van der Waals surface area contributed by atoms with Crippen LogP contribution >= 0.6 is 0 Å². The van der Waals surface area contributed by atoms with Crippen molar-refractivity contribution in [3.8, 4) is 0 Å². The first-order chi connectivity index (χ1) is 11.6. The number of hydrogen-bond donors (Lipinski definition) is 2. The van der Waals surface area contributed by atoms with Crippen molar-refractivity contribution < 1.29 is 22.5 Å². The third-order valence-corrected chi connectivity index (χ3v) is 4.67. The van der Waals surface area contributed by atoms with Crippen molar-refractivity contribution >= 4 is 21.6 Å². The summed E-state index contributed by atoms with van der Waals surface area (Å²) in [5, 5.41) is 10.9. The highest BCUT2D eigenvalue weighted by Crippen LogP contribution is 2.21. The Bertz CT molecular complexity index is 960. The number of hydrazine groups is 1. The molecule has 0 aliphatic heterocycles. The third kappa shape index (κ3) is 4.17. The Labute approximate surface area is 142 Å². The fraction of sp³-hybridized carbons (Fsp3) is 0.133. The lowest BCUT2D eigenvalue weighted by molar-refractivity contribution is -0.385. The van der Waals surface area contributed by atoms with Gasteiger partial charge in [-0.05, 0) is 37.6 Å². The summed E-state index contributed by atoms with van der Waals surface area (Å²) in [7, 11) is -4.23. The normalized spacial score (nSPS) is 11.2. The molecule has 0 atom stereocenters. The monoisotopic (exact) mass is 367 g/mol. The van der Waals surface area contributed by atoms with E-state index in [1.54, 1.807) is 0 Å². The Morgan fingerprint density at radius 2 is 1.76 bits per heavy atom. The van der Waals surface area contributed by atoms with Gasteiger partial charge in [-0.3, -0.25) is 20.3 Å². The Morgan fingerprint density at radius 1 is 1.12 bits per heavy atom. The van der Waals surface area contributed by atoms with E-state index in [0.717, 1.165) is 12.1 Å². The van der Waals surface area contributed by atoms with Crippen LogP contribution in [0.25, 0.3) is 0 Å². The van der Waals surface area contributed by atoms with Gasteiger partial charge < -0.3 is 0 Å². The van der Waals surface area contributed by atoms with Gasteiger partial charge in [-0.25, -0.2) is 12.8 Å². The first kappa shape index (κ1) is 18.5. The van der Waals surface area contributed by atoms with E-state index in [-0.39, 0.29) is 16.1 Å². The summed E-state index contributed by atoms with van der Waals surface area (Å²) in [4.78, 5) is 23.5. The van der Waals surface area contributed by atoms with Gasteiger partial charge in [0.15, 0.2) is 0 Å². The predicted molar refractivity (Wildman–Crippen MR) is 86.8 cm³/mol. The fourth-order valence-corrected chi connectivity index (χ4v) is 2.79. The molecular formula is C15H14FN3O5S. The van der Waals surface area contributed by atoms with Gasteiger partial charge in [0.25, 0.3) is 21.6 Å². The molecule has 0 fully saturated rings. The smallest absolute Gasteiger partial charge is 0.273 e. The average Bonchev–Trinajstić information content (AvgIpc) is 2.55. The van der Waals surface area contributed by atoms with E-state index in [1.807, 2.05) is 10.3 Å². The van der Waals surface area contributed by atoms with Crippen molar-refractivity contribution in [1.82, 2.24) is 10.3 Å². The van der Waals surface area contributed by atoms with Crippen LogP contribution in [0.15, 0.2) is 41.3 Å². The van der Waals surface area contributed by atoms with Crippen molar-refractivity contribution in [3.05, 3.63) is 69.0 Å². The van der Waals surface area contributed by atoms with Gasteiger partial charge >= 0.3 is 0 Å². The molecule has 8 nitrogen and oxygen atoms in total. The first-order valence-corrected chi connectivity index (χ1v) is 8.43. The predicted octanol–water partition coefficient (Wildman–Crippen LogP) is 1.97. The van der Waals surface area contributed by atoms with Crippen LogP contribution in [0.5, 0.6) is 0 Å². The van der Waals surface area contributed by atoms with Gasteiger partial charge in [-0.1, -0.05) is 12.1 Å². The second-order valence-electron chi connectivity index (χ2n) is 5.23. The maximum atomic E-state index is 13.5. The molecule has 0 saturated carbocycles. The number of nitrogens with one attached hydrogen (secondary N) is 2. The van der Waals surface area contributed by atoms with E-state index in [2.05, 4.69) is 0 Å². The van der Waals surface area contributed by atoms with Crippen molar-refractivity contribution in [2.45, 2.75) is 18.7 Å². The van der Waals surface area contributed by atoms with Gasteiger partial charge in [-0.2, -0.15) is 0 Å². The van der Waals surface area contributed by atoms with Crippen molar-refractivity contribution in [2.75, 3.05) is 0 Å². The van der Waals surface area contributed by atoms with Gasteiger partial charge in [0.05, 0.1) is 9.82 Å².